The zero-order valence-electron chi connectivity index (χ0n) is 11.2. The topological polar surface area (TPSA) is 43.1 Å². The highest BCUT2D eigenvalue weighted by molar-refractivity contribution is 7.98. The van der Waals surface area contributed by atoms with E-state index >= 15 is 0 Å². The van der Waals surface area contributed by atoms with Crippen molar-refractivity contribution in [3.8, 4) is 11.4 Å². The molecule has 0 aliphatic carbocycles. The van der Waals surface area contributed by atoms with Gasteiger partial charge in [0.05, 0.1) is 17.6 Å². The summed E-state index contributed by atoms with van der Waals surface area (Å²) in [7, 11) is 0. The van der Waals surface area contributed by atoms with Crippen molar-refractivity contribution < 1.29 is 0 Å². The van der Waals surface area contributed by atoms with Crippen LogP contribution in [0.25, 0.3) is 17.0 Å². The fourth-order valence-electron chi connectivity index (χ4n) is 1.70. The molecule has 0 amide bonds. The van der Waals surface area contributed by atoms with Gasteiger partial charge < -0.3 is 0 Å². The maximum atomic E-state index is 4.47. The second kappa shape index (κ2) is 6.33. The maximum absolute atomic E-state index is 4.47. The summed E-state index contributed by atoms with van der Waals surface area (Å²) >= 11 is 1.53. The number of fused-ring (bicyclic) bond motifs is 1. The molecule has 98 valence electrons. The van der Waals surface area contributed by atoms with Crippen LogP contribution in [0.5, 0.6) is 0 Å². The van der Waals surface area contributed by atoms with Crippen LogP contribution in [0, 0.1) is 0 Å². The Balaban J connectivity index is 0.000000637. The monoisotopic (exact) mass is 272 g/mol. The first-order chi connectivity index (χ1) is 9.38. The zero-order valence-corrected chi connectivity index (χ0v) is 12.1. The SMILES string of the molecule is CC.CSc1nccc(-c2cnc3ccccn23)n1. The van der Waals surface area contributed by atoms with E-state index in [4.69, 9.17) is 0 Å². The molecule has 0 atom stereocenters. The van der Waals surface area contributed by atoms with Crippen molar-refractivity contribution in [1.82, 2.24) is 19.4 Å². The molecule has 3 aromatic rings. The van der Waals surface area contributed by atoms with Gasteiger partial charge in [0.15, 0.2) is 5.16 Å². The smallest absolute Gasteiger partial charge is 0.187 e. The van der Waals surface area contributed by atoms with Crippen LogP contribution in [0.4, 0.5) is 0 Å². The summed E-state index contributed by atoms with van der Waals surface area (Å²) in [6.45, 7) is 4.00. The zero-order chi connectivity index (χ0) is 13.7. The van der Waals surface area contributed by atoms with Gasteiger partial charge in [-0.25, -0.2) is 15.0 Å². The lowest BCUT2D eigenvalue weighted by atomic mass is 10.3. The number of pyridine rings is 1. The summed E-state index contributed by atoms with van der Waals surface area (Å²) in [5, 5.41) is 0.772. The highest BCUT2D eigenvalue weighted by Crippen LogP contribution is 2.20. The Bertz CT molecular complexity index is 663. The normalized spacial score (nSPS) is 10.1. The molecule has 3 heterocycles. The third kappa shape index (κ3) is 2.76. The summed E-state index contributed by atoms with van der Waals surface area (Å²) in [6.07, 6.45) is 7.56. The molecular formula is C14H16N4S. The minimum atomic E-state index is 0.772. The van der Waals surface area contributed by atoms with E-state index < -0.39 is 0 Å². The lowest BCUT2D eigenvalue weighted by Gasteiger charge is -2.01. The van der Waals surface area contributed by atoms with Gasteiger partial charge >= 0.3 is 0 Å². The number of aromatic nitrogens is 4. The van der Waals surface area contributed by atoms with Gasteiger partial charge in [0.25, 0.3) is 0 Å². The first-order valence-corrected chi connectivity index (χ1v) is 7.40. The summed E-state index contributed by atoms with van der Waals surface area (Å²) in [5.41, 5.74) is 2.80. The summed E-state index contributed by atoms with van der Waals surface area (Å²) in [4.78, 5) is 13.0. The summed E-state index contributed by atoms with van der Waals surface area (Å²) in [6, 6.07) is 7.82. The van der Waals surface area contributed by atoms with E-state index in [9.17, 15) is 0 Å². The van der Waals surface area contributed by atoms with Gasteiger partial charge in [-0.1, -0.05) is 31.7 Å². The second-order valence-electron chi connectivity index (χ2n) is 3.50. The molecule has 3 aromatic heterocycles. The minimum Gasteiger partial charge on any atom is -0.298 e. The first kappa shape index (κ1) is 13.5. The number of rotatable bonds is 2. The van der Waals surface area contributed by atoms with Crippen LogP contribution >= 0.6 is 11.8 Å². The molecule has 3 rings (SSSR count). The maximum Gasteiger partial charge on any atom is 0.187 e. The Labute approximate surface area is 116 Å². The molecule has 0 aromatic carbocycles. The van der Waals surface area contributed by atoms with Crippen LogP contribution in [0.2, 0.25) is 0 Å². The van der Waals surface area contributed by atoms with Gasteiger partial charge in [0, 0.05) is 12.4 Å². The fourth-order valence-corrected chi connectivity index (χ4v) is 2.06. The number of imidazole rings is 1. The number of hydrogen-bond donors (Lipinski definition) is 0. The lowest BCUT2D eigenvalue weighted by Crippen LogP contribution is -1.92. The van der Waals surface area contributed by atoms with Crippen LogP contribution < -0.4 is 0 Å². The van der Waals surface area contributed by atoms with Crippen molar-refractivity contribution >= 4 is 17.4 Å². The quantitative estimate of drug-likeness (QED) is 0.528. The van der Waals surface area contributed by atoms with Crippen LogP contribution in [0.15, 0.2) is 48.0 Å². The highest BCUT2D eigenvalue weighted by Gasteiger charge is 2.07. The van der Waals surface area contributed by atoms with E-state index in [0.29, 0.717) is 0 Å². The molecule has 0 aliphatic heterocycles. The van der Waals surface area contributed by atoms with Gasteiger partial charge in [-0.05, 0) is 24.5 Å². The van der Waals surface area contributed by atoms with Crippen molar-refractivity contribution in [1.29, 1.82) is 0 Å². The van der Waals surface area contributed by atoms with Gasteiger partial charge in [0.1, 0.15) is 5.65 Å². The summed E-state index contributed by atoms with van der Waals surface area (Å²) in [5.74, 6) is 0. The Morgan fingerprint density at radius 3 is 2.74 bits per heavy atom. The number of thioether (sulfide) groups is 1. The van der Waals surface area contributed by atoms with E-state index in [1.165, 1.54) is 11.8 Å². The predicted molar refractivity (Wildman–Crippen MR) is 79.3 cm³/mol. The van der Waals surface area contributed by atoms with Gasteiger partial charge in [0.2, 0.25) is 0 Å². The van der Waals surface area contributed by atoms with Crippen molar-refractivity contribution in [3.05, 3.63) is 42.9 Å². The van der Waals surface area contributed by atoms with Crippen molar-refractivity contribution in [3.63, 3.8) is 0 Å². The third-order valence-corrected chi connectivity index (χ3v) is 3.06. The molecular weight excluding hydrogens is 256 g/mol. The van der Waals surface area contributed by atoms with Crippen molar-refractivity contribution in [2.45, 2.75) is 19.0 Å². The van der Waals surface area contributed by atoms with E-state index in [2.05, 4.69) is 15.0 Å². The van der Waals surface area contributed by atoms with E-state index in [1.54, 1.807) is 6.20 Å². The van der Waals surface area contributed by atoms with Crippen molar-refractivity contribution in [2.75, 3.05) is 6.26 Å². The largest absolute Gasteiger partial charge is 0.298 e. The van der Waals surface area contributed by atoms with E-state index in [0.717, 1.165) is 22.2 Å². The second-order valence-corrected chi connectivity index (χ2v) is 4.27. The van der Waals surface area contributed by atoms with Crippen LogP contribution in [0.1, 0.15) is 13.8 Å². The minimum absolute atomic E-state index is 0.772. The molecule has 5 heteroatoms. The Morgan fingerprint density at radius 1 is 1.11 bits per heavy atom. The van der Waals surface area contributed by atoms with Crippen LogP contribution in [0.3, 0.4) is 0 Å². The first-order valence-electron chi connectivity index (χ1n) is 6.18. The number of hydrogen-bond acceptors (Lipinski definition) is 4. The van der Waals surface area contributed by atoms with Gasteiger partial charge in [-0.3, -0.25) is 4.40 Å². The van der Waals surface area contributed by atoms with Crippen LogP contribution in [-0.2, 0) is 0 Å². The third-order valence-electron chi connectivity index (χ3n) is 2.50. The molecule has 19 heavy (non-hydrogen) atoms. The molecule has 0 N–H and O–H groups in total. The Morgan fingerprint density at radius 2 is 1.95 bits per heavy atom. The molecule has 0 saturated carbocycles. The van der Waals surface area contributed by atoms with E-state index in [1.807, 2.05) is 61.2 Å². The predicted octanol–water partition coefficient (Wildman–Crippen LogP) is 3.54. The Hall–Kier alpha value is -1.88. The molecule has 0 saturated heterocycles. The molecule has 0 spiro atoms. The average molecular weight is 272 g/mol. The van der Waals surface area contributed by atoms with Crippen molar-refractivity contribution in [2.24, 2.45) is 0 Å². The standard InChI is InChI=1S/C12H10N4S.C2H6/c1-17-12-13-6-5-9(15-12)10-8-14-11-4-2-3-7-16(10)11;1-2/h2-8H,1H3;1-2H3. The molecule has 0 unspecified atom stereocenters. The average Bonchev–Trinajstić information content (AvgIpc) is 2.93. The molecule has 4 nitrogen and oxygen atoms in total. The molecule has 0 bridgehead atoms. The van der Waals surface area contributed by atoms with Crippen LogP contribution in [-0.4, -0.2) is 25.6 Å². The van der Waals surface area contributed by atoms with E-state index in [-0.39, 0.29) is 0 Å². The molecule has 0 radical (unpaired) electrons. The Kier molecular flexibility index (Phi) is 4.52. The molecule has 0 aliphatic rings. The number of nitrogens with zero attached hydrogens (tertiary/aromatic N) is 4. The van der Waals surface area contributed by atoms with Gasteiger partial charge in [-0.2, -0.15) is 0 Å². The lowest BCUT2D eigenvalue weighted by molar-refractivity contribution is 0.968. The van der Waals surface area contributed by atoms with Gasteiger partial charge in [-0.15, -0.1) is 0 Å². The highest BCUT2D eigenvalue weighted by atomic mass is 32.2. The molecule has 0 fully saturated rings. The summed E-state index contributed by atoms with van der Waals surface area (Å²) < 4.78 is 2.02. The fraction of sp³-hybridized carbons (Fsp3) is 0.214.